The number of hydrogen-bond donors (Lipinski definition) is 0. The zero-order valence-electron chi connectivity index (χ0n) is 19.4. The second-order valence-electron chi connectivity index (χ2n) is 8.28. The standard InChI is InChI=1S/C28H28N2O5/c31-26(24-16-8-3-9-17-24)29-18-10-11-19-30(29)28(33)35-25(20-22-12-4-1-5-13-22)27(32)34-21-23-14-6-2-7-15-23/h1-9,12-17,25H,10-11,18-21H2. The van der Waals surface area contributed by atoms with E-state index in [9.17, 15) is 14.4 Å². The first-order valence-electron chi connectivity index (χ1n) is 11.7. The number of benzene rings is 3. The van der Waals surface area contributed by atoms with E-state index in [1.807, 2.05) is 66.7 Å². The molecule has 1 aliphatic rings. The number of esters is 1. The van der Waals surface area contributed by atoms with E-state index in [1.165, 1.54) is 10.0 Å². The van der Waals surface area contributed by atoms with Crippen LogP contribution >= 0.6 is 0 Å². The summed E-state index contributed by atoms with van der Waals surface area (Å²) in [6, 6.07) is 27.4. The van der Waals surface area contributed by atoms with Crippen LogP contribution in [-0.4, -0.2) is 47.2 Å². The summed E-state index contributed by atoms with van der Waals surface area (Å²) < 4.78 is 11.2. The lowest BCUT2D eigenvalue weighted by Gasteiger charge is -2.38. The van der Waals surface area contributed by atoms with E-state index in [4.69, 9.17) is 9.47 Å². The Morgan fingerprint density at radius 1 is 0.714 bits per heavy atom. The fraction of sp³-hybridized carbons (Fsp3) is 0.250. The molecule has 1 atom stereocenters. The van der Waals surface area contributed by atoms with Gasteiger partial charge in [0.2, 0.25) is 6.10 Å². The van der Waals surface area contributed by atoms with Gasteiger partial charge in [0.05, 0.1) is 0 Å². The van der Waals surface area contributed by atoms with Crippen molar-refractivity contribution in [3.05, 3.63) is 108 Å². The quantitative estimate of drug-likeness (QED) is 0.469. The van der Waals surface area contributed by atoms with Crippen LogP contribution < -0.4 is 0 Å². The molecule has 0 radical (unpaired) electrons. The fourth-order valence-electron chi connectivity index (χ4n) is 3.90. The molecule has 1 fully saturated rings. The summed E-state index contributed by atoms with van der Waals surface area (Å²) in [5, 5.41) is 2.69. The van der Waals surface area contributed by atoms with Crippen LogP contribution in [0.2, 0.25) is 0 Å². The number of hydrazine groups is 1. The van der Waals surface area contributed by atoms with Crippen molar-refractivity contribution in [2.24, 2.45) is 0 Å². The lowest BCUT2D eigenvalue weighted by Crippen LogP contribution is -2.54. The molecule has 0 bridgehead atoms. The third kappa shape index (κ3) is 6.47. The van der Waals surface area contributed by atoms with Crippen molar-refractivity contribution >= 4 is 18.0 Å². The fourth-order valence-corrected chi connectivity index (χ4v) is 3.90. The molecule has 1 aliphatic heterocycles. The molecule has 0 spiro atoms. The minimum atomic E-state index is -1.15. The van der Waals surface area contributed by atoms with Crippen LogP contribution in [0.15, 0.2) is 91.0 Å². The highest BCUT2D eigenvalue weighted by atomic mass is 16.6. The van der Waals surface area contributed by atoms with Crippen LogP contribution in [0.3, 0.4) is 0 Å². The Morgan fingerprint density at radius 2 is 1.26 bits per heavy atom. The van der Waals surface area contributed by atoms with Gasteiger partial charge in [0.15, 0.2) is 0 Å². The first-order chi connectivity index (χ1) is 17.1. The highest BCUT2D eigenvalue weighted by Gasteiger charge is 2.34. The average molecular weight is 473 g/mol. The molecule has 7 nitrogen and oxygen atoms in total. The molecule has 180 valence electrons. The molecular weight excluding hydrogens is 444 g/mol. The van der Waals surface area contributed by atoms with E-state index in [-0.39, 0.29) is 18.9 Å². The van der Waals surface area contributed by atoms with E-state index >= 15 is 0 Å². The smallest absolute Gasteiger partial charge is 0.429 e. The van der Waals surface area contributed by atoms with Gasteiger partial charge in [-0.25, -0.2) is 19.6 Å². The Kier molecular flexibility index (Phi) is 8.12. The molecule has 1 unspecified atom stereocenters. The summed E-state index contributed by atoms with van der Waals surface area (Å²) in [5.74, 6) is -0.919. The maximum absolute atomic E-state index is 13.2. The highest BCUT2D eigenvalue weighted by molar-refractivity contribution is 5.95. The Morgan fingerprint density at radius 3 is 1.89 bits per heavy atom. The molecule has 3 aromatic rings. The zero-order valence-corrected chi connectivity index (χ0v) is 19.4. The molecule has 0 aliphatic carbocycles. The van der Waals surface area contributed by atoms with Gasteiger partial charge in [-0.15, -0.1) is 0 Å². The minimum absolute atomic E-state index is 0.0743. The van der Waals surface area contributed by atoms with Crippen LogP contribution in [0.1, 0.15) is 34.3 Å². The van der Waals surface area contributed by atoms with Crippen molar-refractivity contribution in [1.82, 2.24) is 10.0 Å². The molecular formula is C28H28N2O5. The van der Waals surface area contributed by atoms with Crippen LogP contribution in [0.5, 0.6) is 0 Å². The lowest BCUT2D eigenvalue weighted by atomic mass is 10.1. The molecule has 7 heteroatoms. The second-order valence-corrected chi connectivity index (χ2v) is 8.28. The molecule has 1 saturated heterocycles. The summed E-state index contributed by atoms with van der Waals surface area (Å²) in [6.45, 7) is 0.796. The third-order valence-corrected chi connectivity index (χ3v) is 5.74. The molecule has 0 saturated carbocycles. The Balaban J connectivity index is 1.48. The molecule has 4 rings (SSSR count). The van der Waals surface area contributed by atoms with Gasteiger partial charge in [-0.3, -0.25) is 4.79 Å². The lowest BCUT2D eigenvalue weighted by molar-refractivity contribution is -0.156. The van der Waals surface area contributed by atoms with Crippen molar-refractivity contribution in [2.75, 3.05) is 13.1 Å². The number of rotatable bonds is 7. The van der Waals surface area contributed by atoms with Crippen molar-refractivity contribution in [3.63, 3.8) is 0 Å². The number of carbonyl (C=O) groups is 3. The highest BCUT2D eigenvalue weighted by Crippen LogP contribution is 2.18. The van der Waals surface area contributed by atoms with E-state index in [0.29, 0.717) is 18.7 Å². The summed E-state index contributed by atoms with van der Waals surface area (Å²) in [6.07, 6.45) is -0.221. The van der Waals surface area contributed by atoms with Gasteiger partial charge in [0.1, 0.15) is 6.61 Å². The van der Waals surface area contributed by atoms with E-state index in [0.717, 1.165) is 24.0 Å². The second kappa shape index (κ2) is 11.8. The Labute approximate surface area is 204 Å². The molecule has 3 aromatic carbocycles. The molecule has 1 heterocycles. The predicted octanol–water partition coefficient (Wildman–Crippen LogP) is 4.63. The van der Waals surface area contributed by atoms with Crippen LogP contribution in [0, 0.1) is 0 Å². The van der Waals surface area contributed by atoms with Gasteiger partial charge >= 0.3 is 12.1 Å². The van der Waals surface area contributed by atoms with Crippen LogP contribution in [0.4, 0.5) is 4.79 Å². The summed E-state index contributed by atoms with van der Waals surface area (Å²) in [4.78, 5) is 39.3. The first-order valence-corrected chi connectivity index (χ1v) is 11.7. The van der Waals surface area contributed by atoms with Gasteiger partial charge in [-0.2, -0.15) is 0 Å². The van der Waals surface area contributed by atoms with Crippen LogP contribution in [0.25, 0.3) is 0 Å². The molecule has 0 aromatic heterocycles. The Bertz CT molecular complexity index is 1120. The summed E-state index contributed by atoms with van der Waals surface area (Å²) >= 11 is 0. The number of amides is 2. The van der Waals surface area contributed by atoms with Gasteiger partial charge < -0.3 is 9.47 Å². The minimum Gasteiger partial charge on any atom is -0.458 e. The van der Waals surface area contributed by atoms with E-state index < -0.39 is 18.2 Å². The molecule has 35 heavy (non-hydrogen) atoms. The third-order valence-electron chi connectivity index (χ3n) is 5.74. The van der Waals surface area contributed by atoms with Gasteiger partial charge in [0.25, 0.3) is 5.91 Å². The first kappa shape index (κ1) is 24.0. The normalized spacial score (nSPS) is 14.2. The average Bonchev–Trinajstić information content (AvgIpc) is 2.92. The Hall–Kier alpha value is -4.13. The predicted molar refractivity (Wildman–Crippen MR) is 130 cm³/mol. The molecule has 0 N–H and O–H groups in total. The van der Waals surface area contributed by atoms with Crippen molar-refractivity contribution in [2.45, 2.75) is 32.0 Å². The SMILES string of the molecule is O=C(OCc1ccccc1)C(Cc1ccccc1)OC(=O)N1CCCCN1C(=O)c1ccccc1. The number of nitrogens with zero attached hydrogens (tertiary/aromatic N) is 2. The summed E-state index contributed by atoms with van der Waals surface area (Å²) in [5.41, 5.74) is 2.15. The number of carbonyl (C=O) groups excluding carboxylic acids is 3. The maximum atomic E-state index is 13.2. The van der Waals surface area contributed by atoms with Crippen molar-refractivity contribution in [1.29, 1.82) is 0 Å². The van der Waals surface area contributed by atoms with E-state index in [1.54, 1.807) is 24.3 Å². The van der Waals surface area contributed by atoms with Crippen molar-refractivity contribution < 1.29 is 23.9 Å². The van der Waals surface area contributed by atoms with Gasteiger partial charge in [0, 0.05) is 25.1 Å². The largest absolute Gasteiger partial charge is 0.458 e. The zero-order chi connectivity index (χ0) is 24.5. The van der Waals surface area contributed by atoms with E-state index in [2.05, 4.69) is 0 Å². The maximum Gasteiger partial charge on any atom is 0.429 e. The number of ether oxygens (including phenoxy) is 2. The molecule has 2 amide bonds. The topological polar surface area (TPSA) is 76.2 Å². The van der Waals surface area contributed by atoms with Crippen LogP contribution in [-0.2, 0) is 27.3 Å². The monoisotopic (exact) mass is 472 g/mol. The number of hydrogen-bond acceptors (Lipinski definition) is 5. The summed E-state index contributed by atoms with van der Waals surface area (Å²) in [7, 11) is 0. The van der Waals surface area contributed by atoms with Gasteiger partial charge in [-0.05, 0) is 36.1 Å². The van der Waals surface area contributed by atoms with Crippen molar-refractivity contribution in [3.8, 4) is 0 Å². The van der Waals surface area contributed by atoms with Gasteiger partial charge in [-0.1, -0.05) is 78.9 Å².